The van der Waals surface area contributed by atoms with Gasteiger partial charge in [0.15, 0.2) is 0 Å². The summed E-state index contributed by atoms with van der Waals surface area (Å²) in [6.07, 6.45) is 1.82. The molecular weight excluding hydrogens is 224 g/mol. The average molecular weight is 240 g/mol. The van der Waals surface area contributed by atoms with Crippen molar-refractivity contribution in [2.45, 2.75) is 38.6 Å². The molecule has 2 rings (SSSR count). The van der Waals surface area contributed by atoms with Crippen molar-refractivity contribution in [2.24, 2.45) is 5.73 Å². The van der Waals surface area contributed by atoms with Crippen LogP contribution in [-0.4, -0.2) is 27.9 Å². The second-order valence-corrected chi connectivity index (χ2v) is 5.07. The predicted octanol–water partition coefficient (Wildman–Crippen LogP) is 1.12. The molecule has 0 saturated carbocycles. The first-order valence-corrected chi connectivity index (χ1v) is 6.26. The molecule has 6 heteroatoms. The van der Waals surface area contributed by atoms with E-state index in [0.29, 0.717) is 5.92 Å². The number of hydrogen-bond donors (Lipinski definition) is 1. The van der Waals surface area contributed by atoms with Crippen molar-refractivity contribution in [2.75, 3.05) is 11.4 Å². The van der Waals surface area contributed by atoms with Gasteiger partial charge in [-0.1, -0.05) is 13.8 Å². The van der Waals surface area contributed by atoms with E-state index in [1.165, 1.54) is 11.5 Å². The Labute approximate surface area is 98.8 Å². The highest BCUT2D eigenvalue weighted by molar-refractivity contribution is 7.09. The Bertz CT molecular complexity index is 390. The fourth-order valence-electron chi connectivity index (χ4n) is 1.87. The summed E-state index contributed by atoms with van der Waals surface area (Å²) in [4.78, 5) is 17.7. The molecule has 1 aliphatic rings. The minimum Gasteiger partial charge on any atom is -0.368 e. The molecule has 1 fully saturated rings. The second kappa shape index (κ2) is 4.37. The quantitative estimate of drug-likeness (QED) is 0.859. The number of rotatable bonds is 3. The van der Waals surface area contributed by atoms with E-state index in [1.807, 2.05) is 4.90 Å². The fourth-order valence-corrected chi connectivity index (χ4v) is 2.75. The van der Waals surface area contributed by atoms with E-state index in [1.54, 1.807) is 0 Å². The Kier molecular flexibility index (Phi) is 3.09. The number of hydrogen-bond acceptors (Lipinski definition) is 5. The van der Waals surface area contributed by atoms with Crippen molar-refractivity contribution < 1.29 is 4.79 Å². The standard InChI is InChI=1S/C10H16N4OS/c1-6(2)9-12-10(16-13-9)14-5-3-4-7(14)8(11)15/h6-7H,3-5H2,1-2H3,(H2,11,15). The lowest BCUT2D eigenvalue weighted by molar-refractivity contribution is -0.119. The number of nitrogens with two attached hydrogens (primary N) is 1. The van der Waals surface area contributed by atoms with Crippen molar-refractivity contribution in [1.82, 2.24) is 9.36 Å². The number of nitrogens with zero attached hydrogens (tertiary/aromatic N) is 3. The molecule has 16 heavy (non-hydrogen) atoms. The van der Waals surface area contributed by atoms with Gasteiger partial charge < -0.3 is 10.6 Å². The fraction of sp³-hybridized carbons (Fsp3) is 0.700. The number of aromatic nitrogens is 2. The van der Waals surface area contributed by atoms with Gasteiger partial charge in [-0.15, -0.1) is 0 Å². The van der Waals surface area contributed by atoms with Crippen molar-refractivity contribution in [3.05, 3.63) is 5.82 Å². The van der Waals surface area contributed by atoms with Crippen molar-refractivity contribution in [3.8, 4) is 0 Å². The van der Waals surface area contributed by atoms with Crippen LogP contribution in [0, 0.1) is 0 Å². The number of carbonyl (C=O) groups is 1. The highest BCUT2D eigenvalue weighted by Crippen LogP contribution is 2.28. The van der Waals surface area contributed by atoms with Crippen LogP contribution < -0.4 is 10.6 Å². The highest BCUT2D eigenvalue weighted by Gasteiger charge is 2.31. The summed E-state index contributed by atoms with van der Waals surface area (Å²) in [7, 11) is 0. The minimum atomic E-state index is -0.265. The van der Waals surface area contributed by atoms with Gasteiger partial charge in [0, 0.05) is 24.0 Å². The maximum absolute atomic E-state index is 11.3. The van der Waals surface area contributed by atoms with E-state index >= 15 is 0 Å². The molecule has 0 aliphatic carbocycles. The van der Waals surface area contributed by atoms with E-state index in [4.69, 9.17) is 5.73 Å². The van der Waals surface area contributed by atoms with E-state index in [0.717, 1.165) is 30.3 Å². The molecule has 0 bridgehead atoms. The van der Waals surface area contributed by atoms with Crippen LogP contribution in [0.5, 0.6) is 0 Å². The molecule has 5 nitrogen and oxygen atoms in total. The van der Waals surface area contributed by atoms with Gasteiger partial charge in [0.25, 0.3) is 0 Å². The molecule has 1 aliphatic heterocycles. The molecule has 0 spiro atoms. The monoisotopic (exact) mass is 240 g/mol. The Hall–Kier alpha value is -1.17. The van der Waals surface area contributed by atoms with Crippen LogP contribution >= 0.6 is 11.5 Å². The zero-order valence-corrected chi connectivity index (χ0v) is 10.3. The maximum atomic E-state index is 11.3. The first-order valence-electron chi connectivity index (χ1n) is 5.49. The molecular formula is C10H16N4OS. The summed E-state index contributed by atoms with van der Waals surface area (Å²) < 4.78 is 4.29. The Morgan fingerprint density at radius 1 is 1.62 bits per heavy atom. The lowest BCUT2D eigenvalue weighted by Gasteiger charge is -2.20. The summed E-state index contributed by atoms with van der Waals surface area (Å²) in [5.41, 5.74) is 5.37. The number of amides is 1. The molecule has 0 radical (unpaired) electrons. The van der Waals surface area contributed by atoms with Crippen molar-refractivity contribution in [1.29, 1.82) is 0 Å². The summed E-state index contributed by atoms with van der Waals surface area (Å²) in [5.74, 6) is 0.897. The van der Waals surface area contributed by atoms with Gasteiger partial charge in [0.2, 0.25) is 11.0 Å². The summed E-state index contributed by atoms with van der Waals surface area (Å²) in [6.45, 7) is 4.96. The first-order chi connectivity index (χ1) is 7.59. The zero-order valence-electron chi connectivity index (χ0n) is 9.51. The predicted molar refractivity (Wildman–Crippen MR) is 63.6 cm³/mol. The Balaban J connectivity index is 2.19. The number of anilines is 1. The van der Waals surface area contributed by atoms with Crippen LogP contribution in [0.4, 0.5) is 5.13 Å². The third-order valence-electron chi connectivity index (χ3n) is 2.77. The molecule has 1 aromatic rings. The van der Waals surface area contributed by atoms with E-state index in [2.05, 4.69) is 23.2 Å². The summed E-state index contributed by atoms with van der Waals surface area (Å²) in [5, 5.41) is 0.824. The normalized spacial score (nSPS) is 20.7. The Morgan fingerprint density at radius 3 is 2.94 bits per heavy atom. The highest BCUT2D eigenvalue weighted by atomic mass is 32.1. The lowest BCUT2D eigenvalue weighted by atomic mass is 10.2. The largest absolute Gasteiger partial charge is 0.368 e. The third-order valence-corrected chi connectivity index (χ3v) is 3.54. The lowest BCUT2D eigenvalue weighted by Crippen LogP contribution is -2.40. The SMILES string of the molecule is CC(C)c1nsc(N2CCCC2C(N)=O)n1. The van der Waals surface area contributed by atoms with Crippen LogP contribution in [0.1, 0.15) is 38.4 Å². The average Bonchev–Trinajstić information content (AvgIpc) is 2.86. The van der Waals surface area contributed by atoms with Crippen molar-refractivity contribution >= 4 is 22.6 Å². The van der Waals surface area contributed by atoms with E-state index in [-0.39, 0.29) is 11.9 Å². The molecule has 2 N–H and O–H groups in total. The Morgan fingerprint density at radius 2 is 2.38 bits per heavy atom. The van der Waals surface area contributed by atoms with Crippen LogP contribution in [0.25, 0.3) is 0 Å². The number of carbonyl (C=O) groups excluding carboxylic acids is 1. The molecule has 2 heterocycles. The van der Waals surface area contributed by atoms with E-state index < -0.39 is 0 Å². The zero-order chi connectivity index (χ0) is 11.7. The van der Waals surface area contributed by atoms with Crippen LogP contribution in [0.2, 0.25) is 0 Å². The molecule has 1 aromatic heterocycles. The third kappa shape index (κ3) is 2.02. The van der Waals surface area contributed by atoms with Crippen LogP contribution in [-0.2, 0) is 4.79 Å². The summed E-state index contributed by atoms with van der Waals surface area (Å²) >= 11 is 1.35. The van der Waals surface area contributed by atoms with Gasteiger partial charge in [0.1, 0.15) is 11.9 Å². The molecule has 0 aromatic carbocycles. The minimum absolute atomic E-state index is 0.201. The summed E-state index contributed by atoms with van der Waals surface area (Å²) in [6, 6.07) is -0.201. The molecule has 1 amide bonds. The van der Waals surface area contributed by atoms with E-state index in [9.17, 15) is 4.79 Å². The van der Waals surface area contributed by atoms with Gasteiger partial charge in [-0.05, 0) is 12.8 Å². The second-order valence-electron chi connectivity index (χ2n) is 4.34. The van der Waals surface area contributed by atoms with Crippen molar-refractivity contribution in [3.63, 3.8) is 0 Å². The maximum Gasteiger partial charge on any atom is 0.240 e. The molecule has 88 valence electrons. The van der Waals surface area contributed by atoms with Crippen LogP contribution in [0.3, 0.4) is 0 Å². The van der Waals surface area contributed by atoms with Gasteiger partial charge in [-0.25, -0.2) is 4.98 Å². The van der Waals surface area contributed by atoms with Gasteiger partial charge in [0.05, 0.1) is 0 Å². The van der Waals surface area contributed by atoms with Gasteiger partial charge in [-0.2, -0.15) is 4.37 Å². The van der Waals surface area contributed by atoms with Gasteiger partial charge >= 0.3 is 0 Å². The molecule has 1 saturated heterocycles. The smallest absolute Gasteiger partial charge is 0.240 e. The molecule has 1 unspecified atom stereocenters. The molecule has 1 atom stereocenters. The number of primary amides is 1. The topological polar surface area (TPSA) is 72.1 Å². The van der Waals surface area contributed by atoms with Gasteiger partial charge in [-0.3, -0.25) is 4.79 Å². The van der Waals surface area contributed by atoms with Crippen LogP contribution in [0.15, 0.2) is 0 Å². The first kappa shape index (κ1) is 11.3.